The van der Waals surface area contributed by atoms with Crippen LogP contribution < -0.4 is 10.6 Å². The Morgan fingerprint density at radius 2 is 1.69 bits per heavy atom. The van der Waals surface area contributed by atoms with Gasteiger partial charge in [0.2, 0.25) is 11.8 Å². The lowest BCUT2D eigenvalue weighted by Gasteiger charge is -2.35. The van der Waals surface area contributed by atoms with Crippen LogP contribution in [0.2, 0.25) is 0 Å². The second-order valence-electron chi connectivity index (χ2n) is 14.8. The number of benzene rings is 3. The van der Waals surface area contributed by atoms with Crippen LogP contribution in [0.5, 0.6) is 0 Å². The first-order valence-corrected chi connectivity index (χ1v) is 18.3. The molecule has 5 aromatic rings. The predicted molar refractivity (Wildman–Crippen MR) is 199 cm³/mol. The fourth-order valence-electron chi connectivity index (χ4n) is 7.96. The van der Waals surface area contributed by atoms with Crippen molar-refractivity contribution in [1.29, 1.82) is 0 Å². The molecule has 0 unspecified atom stereocenters. The molecule has 2 saturated heterocycles. The van der Waals surface area contributed by atoms with Crippen molar-refractivity contribution in [1.82, 2.24) is 25.4 Å². The Morgan fingerprint density at radius 1 is 0.944 bits per heavy atom. The molecule has 2 fully saturated rings. The molecule has 4 heterocycles. The Morgan fingerprint density at radius 3 is 2.43 bits per heavy atom. The van der Waals surface area contributed by atoms with Crippen molar-refractivity contribution >= 4 is 28.4 Å². The highest BCUT2D eigenvalue weighted by Gasteiger charge is 2.41. The number of alkyl halides is 2. The van der Waals surface area contributed by atoms with Gasteiger partial charge in [-0.1, -0.05) is 48.5 Å². The second-order valence-corrected chi connectivity index (χ2v) is 14.8. The number of nitrogens with zero attached hydrogens (tertiary/aromatic N) is 4. The second kappa shape index (κ2) is 14.9. The van der Waals surface area contributed by atoms with Crippen molar-refractivity contribution in [2.45, 2.75) is 83.7 Å². The van der Waals surface area contributed by atoms with Crippen molar-refractivity contribution in [3.05, 3.63) is 118 Å². The molecule has 2 aromatic heterocycles. The topological polar surface area (TPSA) is 100 Å². The number of carbonyl (C=O) groups excluding carboxylic acids is 2. The fraction of sp³-hybridized carbons (Fsp3) is 0.357. The number of amides is 2. The number of piperidine rings is 2. The van der Waals surface area contributed by atoms with Crippen LogP contribution in [0.1, 0.15) is 97.0 Å². The van der Waals surface area contributed by atoms with Gasteiger partial charge in [0, 0.05) is 41.1 Å². The minimum Gasteiger partial charge on any atom is -0.361 e. The third-order valence-electron chi connectivity index (χ3n) is 11.2. The quantitative estimate of drug-likeness (QED) is 0.115. The standard InChI is InChI=1S/C42H42F4N6O2/c1-23-34(42(4)16-13-36(53)49-41(42)54)12-11-30(37(23)43)27-14-17-52(18-15-27)22-26-7-5-8-28(19-26)35-20-32-33(21-47-35)25(3)50-51-40(32)48-24(2)29-9-6-10-31(38(29)44)39(45)46/h5-12,19-21,24,27,39H,13-18,22H2,1-4H3,(H,48,51)(H,49,53,54)/t24-,42-/m1/s1. The normalized spacial score (nSPS) is 19.0. The smallest absolute Gasteiger partial charge is 0.266 e. The van der Waals surface area contributed by atoms with Crippen LogP contribution in [0.15, 0.2) is 66.9 Å². The number of pyridine rings is 1. The summed E-state index contributed by atoms with van der Waals surface area (Å²) >= 11 is 0. The number of carbonyl (C=O) groups is 2. The summed E-state index contributed by atoms with van der Waals surface area (Å²) in [6, 6.07) is 17.0. The number of hydrogen-bond acceptors (Lipinski definition) is 7. The van der Waals surface area contributed by atoms with Crippen LogP contribution in [0.4, 0.5) is 23.4 Å². The summed E-state index contributed by atoms with van der Waals surface area (Å²) in [6.45, 7) is 9.30. The zero-order chi connectivity index (χ0) is 38.3. The number of aryl methyl sites for hydroxylation is 1. The molecule has 0 radical (unpaired) electrons. The Balaban J connectivity index is 1.05. The number of hydrogen-bond donors (Lipinski definition) is 2. The van der Waals surface area contributed by atoms with Crippen molar-refractivity contribution in [2.75, 3.05) is 18.4 Å². The monoisotopic (exact) mass is 738 g/mol. The average molecular weight is 739 g/mol. The van der Waals surface area contributed by atoms with Gasteiger partial charge in [-0.05, 0) is 100 Å². The Hall–Kier alpha value is -5.23. The van der Waals surface area contributed by atoms with Crippen LogP contribution in [-0.4, -0.2) is 45.0 Å². The van der Waals surface area contributed by atoms with Gasteiger partial charge in [-0.3, -0.25) is 24.8 Å². The van der Waals surface area contributed by atoms with Gasteiger partial charge in [0.15, 0.2) is 5.82 Å². The lowest BCUT2D eigenvalue weighted by Crippen LogP contribution is -2.50. The molecular formula is C42H42F4N6O2. The van der Waals surface area contributed by atoms with Crippen LogP contribution in [-0.2, 0) is 21.5 Å². The molecule has 8 nitrogen and oxygen atoms in total. The van der Waals surface area contributed by atoms with Crippen LogP contribution in [0.3, 0.4) is 0 Å². The summed E-state index contributed by atoms with van der Waals surface area (Å²) in [7, 11) is 0. The molecule has 2 amide bonds. The van der Waals surface area contributed by atoms with Crippen LogP contribution in [0.25, 0.3) is 22.0 Å². The molecule has 2 atom stereocenters. The van der Waals surface area contributed by atoms with Crippen molar-refractivity contribution in [3.63, 3.8) is 0 Å². The van der Waals surface area contributed by atoms with E-state index >= 15 is 4.39 Å². The SMILES string of the molecule is Cc1c([C@@]2(C)CCC(=O)NC2=O)ccc(C2CCN(Cc3cccc(-c4cc5c(N[C@H](C)c6cccc(C(F)F)c6F)nnc(C)c5cn4)c3)CC2)c1F. The van der Waals surface area contributed by atoms with E-state index in [1.165, 1.54) is 12.1 Å². The Bertz CT molecular complexity index is 2260. The van der Waals surface area contributed by atoms with Gasteiger partial charge in [-0.15, -0.1) is 5.10 Å². The van der Waals surface area contributed by atoms with Crippen molar-refractivity contribution in [3.8, 4) is 11.3 Å². The number of imide groups is 1. The van der Waals surface area contributed by atoms with Gasteiger partial charge < -0.3 is 5.32 Å². The molecule has 0 bridgehead atoms. The summed E-state index contributed by atoms with van der Waals surface area (Å²) in [5.74, 6) is -1.45. The first kappa shape index (κ1) is 37.1. The highest BCUT2D eigenvalue weighted by Crippen LogP contribution is 2.39. The van der Waals surface area contributed by atoms with Gasteiger partial charge >= 0.3 is 0 Å². The van der Waals surface area contributed by atoms with E-state index in [1.807, 2.05) is 37.3 Å². The van der Waals surface area contributed by atoms with Gasteiger partial charge in [-0.2, -0.15) is 5.10 Å². The maximum absolute atomic E-state index is 15.9. The van der Waals surface area contributed by atoms with E-state index in [9.17, 15) is 22.8 Å². The van der Waals surface area contributed by atoms with Gasteiger partial charge in [0.25, 0.3) is 6.43 Å². The average Bonchev–Trinajstić information content (AvgIpc) is 3.16. The number of nitrogens with one attached hydrogen (secondary N) is 2. The maximum Gasteiger partial charge on any atom is 0.266 e. The van der Waals surface area contributed by atoms with E-state index in [4.69, 9.17) is 4.98 Å². The molecule has 0 spiro atoms. The zero-order valence-corrected chi connectivity index (χ0v) is 30.6. The molecular weight excluding hydrogens is 696 g/mol. The summed E-state index contributed by atoms with van der Waals surface area (Å²) in [6.07, 6.45) is 0.969. The molecule has 0 aliphatic carbocycles. The first-order valence-electron chi connectivity index (χ1n) is 18.3. The molecule has 280 valence electrons. The Labute approximate surface area is 311 Å². The van der Waals surface area contributed by atoms with E-state index in [0.29, 0.717) is 46.9 Å². The Kier molecular flexibility index (Phi) is 10.2. The molecule has 12 heteroatoms. The first-order chi connectivity index (χ1) is 25.8. The van der Waals surface area contributed by atoms with E-state index in [1.54, 1.807) is 27.0 Å². The summed E-state index contributed by atoms with van der Waals surface area (Å²) in [4.78, 5) is 31.6. The molecule has 7 rings (SSSR count). The van der Waals surface area contributed by atoms with Crippen LogP contribution >= 0.6 is 0 Å². The molecule has 2 aliphatic heterocycles. The van der Waals surface area contributed by atoms with Crippen molar-refractivity contribution < 1.29 is 27.2 Å². The molecule has 2 N–H and O–H groups in total. The number of anilines is 1. The van der Waals surface area contributed by atoms with Gasteiger partial charge in [0.1, 0.15) is 11.6 Å². The molecule has 2 aliphatic rings. The zero-order valence-electron chi connectivity index (χ0n) is 30.6. The minimum atomic E-state index is -2.93. The summed E-state index contributed by atoms with van der Waals surface area (Å²) in [5, 5.41) is 15.7. The number of aromatic nitrogens is 3. The molecule has 3 aromatic carbocycles. The minimum absolute atomic E-state index is 0.0542. The summed E-state index contributed by atoms with van der Waals surface area (Å²) in [5.41, 5.74) is 3.65. The van der Waals surface area contributed by atoms with Crippen LogP contribution in [0, 0.1) is 25.5 Å². The largest absolute Gasteiger partial charge is 0.361 e. The predicted octanol–water partition coefficient (Wildman–Crippen LogP) is 8.77. The fourth-order valence-corrected chi connectivity index (χ4v) is 7.96. The number of halogens is 4. The van der Waals surface area contributed by atoms with E-state index in [0.717, 1.165) is 53.9 Å². The highest BCUT2D eigenvalue weighted by molar-refractivity contribution is 6.03. The van der Waals surface area contributed by atoms with Gasteiger partial charge in [-0.25, -0.2) is 17.6 Å². The lowest BCUT2D eigenvalue weighted by atomic mass is 9.73. The number of likely N-dealkylation sites (tertiary alicyclic amines) is 1. The summed E-state index contributed by atoms with van der Waals surface area (Å²) < 4.78 is 57.6. The number of fused-ring (bicyclic) bond motifs is 1. The lowest BCUT2D eigenvalue weighted by molar-refractivity contribution is -0.137. The third kappa shape index (κ3) is 7.06. The van der Waals surface area contributed by atoms with E-state index in [2.05, 4.69) is 37.9 Å². The molecule has 0 saturated carbocycles. The number of rotatable bonds is 9. The maximum atomic E-state index is 15.9. The molecule has 54 heavy (non-hydrogen) atoms. The van der Waals surface area contributed by atoms with Crippen molar-refractivity contribution in [2.24, 2.45) is 0 Å². The van der Waals surface area contributed by atoms with E-state index in [-0.39, 0.29) is 35.5 Å². The van der Waals surface area contributed by atoms with Gasteiger partial charge in [0.05, 0.1) is 28.4 Å². The highest BCUT2D eigenvalue weighted by atomic mass is 19.3. The third-order valence-corrected chi connectivity index (χ3v) is 11.2. The van der Waals surface area contributed by atoms with E-state index < -0.39 is 29.3 Å².